The van der Waals surface area contributed by atoms with Crippen molar-refractivity contribution in [3.63, 3.8) is 0 Å². The number of carbonyl (C=O) groups excluding carboxylic acids is 6. The Kier molecular flexibility index (Phi) is 16.3. The molecule has 14 heteroatoms. The summed E-state index contributed by atoms with van der Waals surface area (Å²) in [6.45, 7) is 10.1. The summed E-state index contributed by atoms with van der Waals surface area (Å²) in [5, 5.41) is 21.5. The zero-order chi connectivity index (χ0) is 32.7. The lowest BCUT2D eigenvalue weighted by molar-refractivity contribution is -0.143. The Morgan fingerprint density at radius 1 is 0.721 bits per heavy atom. The van der Waals surface area contributed by atoms with E-state index in [0.717, 1.165) is 12.8 Å². The number of ether oxygens (including phenoxy) is 1. The smallest absolute Gasteiger partial charge is 0.407 e. The Morgan fingerprint density at radius 3 is 1.79 bits per heavy atom. The highest BCUT2D eigenvalue weighted by Crippen LogP contribution is 2.27. The van der Waals surface area contributed by atoms with Crippen LogP contribution in [0.15, 0.2) is 0 Å². The number of nitrogens with one attached hydrogen (secondary N) is 5. The number of carboxylic acids is 1. The molecular formula is C29H49N5O9. The molecule has 3 atom stereocenters. The lowest BCUT2D eigenvalue weighted by Gasteiger charge is -2.25. The van der Waals surface area contributed by atoms with E-state index in [4.69, 9.17) is 4.74 Å². The number of alkyl carbamates (subject to hydrolysis) is 1. The Labute approximate surface area is 253 Å². The second-order valence-electron chi connectivity index (χ2n) is 12.3. The number of carboxylic acid groups (broad SMARTS) is 1. The van der Waals surface area contributed by atoms with Crippen molar-refractivity contribution in [2.75, 3.05) is 19.7 Å². The van der Waals surface area contributed by atoms with Gasteiger partial charge in [-0.05, 0) is 49.4 Å². The fourth-order valence-corrected chi connectivity index (χ4v) is 4.67. The molecule has 1 rings (SSSR count). The molecule has 244 valence electrons. The molecule has 1 aliphatic carbocycles. The summed E-state index contributed by atoms with van der Waals surface area (Å²) >= 11 is 0. The molecule has 0 spiro atoms. The molecule has 0 aliphatic heterocycles. The van der Waals surface area contributed by atoms with E-state index in [-0.39, 0.29) is 43.1 Å². The second-order valence-corrected chi connectivity index (χ2v) is 12.3. The molecule has 0 aromatic heterocycles. The molecule has 0 heterocycles. The van der Waals surface area contributed by atoms with Crippen molar-refractivity contribution in [3.8, 4) is 0 Å². The zero-order valence-electron chi connectivity index (χ0n) is 26.1. The molecule has 1 aliphatic rings. The van der Waals surface area contributed by atoms with Gasteiger partial charge >= 0.3 is 12.1 Å². The zero-order valence-corrected chi connectivity index (χ0v) is 26.1. The number of carbonyl (C=O) groups is 7. The summed E-state index contributed by atoms with van der Waals surface area (Å²) in [7, 11) is 0. The standard InChI is InChI=1S/C29H49N5O9/c1-16(2)11-20(25(37)27(39)30-13-23(36)34-24(28(40)41)19-9-7-8-10-19)33-26(38)21(12-17(3)4)32-22(35)14-31-29(42)43-15-18(5)6/h16-21,24H,7-15H2,1-6H3,(H,30,39)(H,31,42)(H,32,35)(H,33,38)(H,34,36)(H,40,41)/t20?,21-,24-/m0/s1. The first-order valence-electron chi connectivity index (χ1n) is 14.9. The summed E-state index contributed by atoms with van der Waals surface area (Å²) in [5.74, 6) is -5.54. The van der Waals surface area contributed by atoms with Gasteiger partial charge in [-0.15, -0.1) is 0 Å². The van der Waals surface area contributed by atoms with Crippen LogP contribution < -0.4 is 26.6 Å². The summed E-state index contributed by atoms with van der Waals surface area (Å²) in [6.07, 6.45) is 2.67. The van der Waals surface area contributed by atoms with Crippen LogP contribution in [0.3, 0.4) is 0 Å². The fraction of sp³-hybridized carbons (Fsp3) is 0.759. The first-order valence-corrected chi connectivity index (χ1v) is 14.9. The number of aliphatic carboxylic acids is 1. The summed E-state index contributed by atoms with van der Waals surface area (Å²) in [6, 6.07) is -3.37. The Bertz CT molecular complexity index is 993. The molecule has 1 saturated carbocycles. The predicted molar refractivity (Wildman–Crippen MR) is 157 cm³/mol. The van der Waals surface area contributed by atoms with Gasteiger partial charge in [0.25, 0.3) is 5.91 Å². The molecule has 14 nitrogen and oxygen atoms in total. The Balaban J connectivity index is 2.80. The minimum Gasteiger partial charge on any atom is -0.480 e. The van der Waals surface area contributed by atoms with Crippen LogP contribution in [0, 0.1) is 23.7 Å². The van der Waals surface area contributed by atoms with Gasteiger partial charge in [-0.2, -0.15) is 0 Å². The van der Waals surface area contributed by atoms with Crippen LogP contribution in [-0.2, 0) is 33.5 Å². The maximum Gasteiger partial charge on any atom is 0.407 e. The van der Waals surface area contributed by atoms with E-state index in [1.807, 2.05) is 27.7 Å². The Morgan fingerprint density at radius 2 is 1.26 bits per heavy atom. The minimum absolute atomic E-state index is 0.0278. The first kappa shape index (κ1) is 37.3. The highest BCUT2D eigenvalue weighted by Gasteiger charge is 2.33. The molecule has 0 aromatic carbocycles. The van der Waals surface area contributed by atoms with Crippen molar-refractivity contribution in [2.45, 2.75) is 98.2 Å². The topological polar surface area (TPSA) is 209 Å². The maximum absolute atomic E-state index is 13.2. The number of hydrogen-bond acceptors (Lipinski definition) is 8. The second kappa shape index (κ2) is 18.7. The molecule has 6 N–H and O–H groups in total. The number of Topliss-reactive ketones (excluding diaryl/α,β-unsaturated/α-hetero) is 1. The van der Waals surface area contributed by atoms with E-state index in [1.54, 1.807) is 13.8 Å². The van der Waals surface area contributed by atoms with Crippen molar-refractivity contribution in [1.82, 2.24) is 26.6 Å². The fourth-order valence-electron chi connectivity index (χ4n) is 4.67. The molecule has 0 aromatic rings. The van der Waals surface area contributed by atoms with Gasteiger partial charge in [-0.3, -0.25) is 24.0 Å². The van der Waals surface area contributed by atoms with Gasteiger partial charge < -0.3 is 36.4 Å². The number of ketones is 1. The van der Waals surface area contributed by atoms with Gasteiger partial charge in [-0.25, -0.2) is 9.59 Å². The Hall–Kier alpha value is -3.71. The van der Waals surface area contributed by atoms with Crippen molar-refractivity contribution >= 4 is 41.5 Å². The van der Waals surface area contributed by atoms with Crippen molar-refractivity contribution in [2.24, 2.45) is 23.7 Å². The van der Waals surface area contributed by atoms with Crippen LogP contribution in [0.25, 0.3) is 0 Å². The summed E-state index contributed by atoms with van der Waals surface area (Å²) in [5.41, 5.74) is 0. The highest BCUT2D eigenvalue weighted by atomic mass is 16.5. The minimum atomic E-state index is -1.24. The SMILES string of the molecule is CC(C)COC(=O)NCC(=O)N[C@@H](CC(C)C)C(=O)NC(CC(C)C)C(=O)C(=O)NCC(=O)N[C@H](C(=O)O)C1CCCC1. The lowest BCUT2D eigenvalue weighted by atomic mass is 9.97. The van der Waals surface area contributed by atoms with E-state index >= 15 is 0 Å². The average Bonchev–Trinajstić information content (AvgIpc) is 3.45. The third kappa shape index (κ3) is 14.8. The third-order valence-electron chi connectivity index (χ3n) is 6.73. The molecule has 5 amide bonds. The normalized spacial score (nSPS) is 15.4. The van der Waals surface area contributed by atoms with Gasteiger partial charge in [0.1, 0.15) is 18.6 Å². The van der Waals surface area contributed by atoms with Gasteiger partial charge in [0.15, 0.2) is 0 Å². The van der Waals surface area contributed by atoms with Crippen LogP contribution in [-0.4, -0.2) is 84.4 Å². The van der Waals surface area contributed by atoms with Gasteiger partial charge in [0, 0.05) is 0 Å². The molecule has 1 unspecified atom stereocenters. The molecule has 0 radical (unpaired) electrons. The van der Waals surface area contributed by atoms with Crippen LogP contribution in [0.2, 0.25) is 0 Å². The van der Waals surface area contributed by atoms with E-state index in [2.05, 4.69) is 26.6 Å². The molecular weight excluding hydrogens is 562 g/mol. The molecule has 1 fully saturated rings. The maximum atomic E-state index is 13.2. The summed E-state index contributed by atoms with van der Waals surface area (Å²) < 4.78 is 4.96. The van der Waals surface area contributed by atoms with Crippen LogP contribution in [0.4, 0.5) is 4.79 Å². The number of rotatable bonds is 18. The lowest BCUT2D eigenvalue weighted by Crippen LogP contribution is -2.56. The number of hydrogen-bond donors (Lipinski definition) is 6. The third-order valence-corrected chi connectivity index (χ3v) is 6.73. The summed E-state index contributed by atoms with van der Waals surface area (Å²) in [4.78, 5) is 87.1. The molecule has 43 heavy (non-hydrogen) atoms. The molecule has 0 saturated heterocycles. The molecule has 0 bridgehead atoms. The van der Waals surface area contributed by atoms with Gasteiger partial charge in [0.2, 0.25) is 23.5 Å². The first-order chi connectivity index (χ1) is 20.1. The van der Waals surface area contributed by atoms with Crippen molar-refractivity contribution < 1.29 is 43.4 Å². The van der Waals surface area contributed by atoms with Crippen LogP contribution in [0.5, 0.6) is 0 Å². The van der Waals surface area contributed by atoms with Gasteiger partial charge in [0.05, 0.1) is 19.2 Å². The number of amides is 5. The van der Waals surface area contributed by atoms with E-state index in [1.165, 1.54) is 0 Å². The van der Waals surface area contributed by atoms with Crippen molar-refractivity contribution in [3.05, 3.63) is 0 Å². The monoisotopic (exact) mass is 611 g/mol. The van der Waals surface area contributed by atoms with Gasteiger partial charge in [-0.1, -0.05) is 54.4 Å². The van der Waals surface area contributed by atoms with E-state index in [0.29, 0.717) is 12.8 Å². The van der Waals surface area contributed by atoms with Crippen molar-refractivity contribution in [1.29, 1.82) is 0 Å². The quantitative estimate of drug-likeness (QED) is 0.121. The van der Waals surface area contributed by atoms with Crippen LogP contribution in [0.1, 0.15) is 80.1 Å². The predicted octanol–water partition coefficient (Wildman–Crippen LogP) is 0.875. The van der Waals surface area contributed by atoms with E-state index < -0.39 is 72.7 Å². The van der Waals surface area contributed by atoms with E-state index in [9.17, 15) is 38.7 Å². The largest absolute Gasteiger partial charge is 0.480 e. The van der Waals surface area contributed by atoms with Crippen LogP contribution >= 0.6 is 0 Å². The average molecular weight is 612 g/mol. The highest BCUT2D eigenvalue weighted by molar-refractivity contribution is 6.38.